The number of ether oxygens (including phenoxy) is 1. The van der Waals surface area contributed by atoms with Gasteiger partial charge in [0.05, 0.1) is 0 Å². The summed E-state index contributed by atoms with van der Waals surface area (Å²) in [6.07, 6.45) is 0.799. The number of hydrogen-bond acceptors (Lipinski definition) is 3. The second-order valence-corrected chi connectivity index (χ2v) is 4.85. The topological polar surface area (TPSA) is 67.4 Å². The lowest BCUT2D eigenvalue weighted by Crippen LogP contribution is -2.42. The molecule has 0 fully saturated rings. The van der Waals surface area contributed by atoms with Crippen LogP contribution in [0.25, 0.3) is 0 Å². The van der Waals surface area contributed by atoms with E-state index in [1.54, 1.807) is 0 Å². The molecule has 5 nitrogen and oxygen atoms in total. The SMILES string of the molecule is CC(C)CCNC(=O)NC(=O)COc1ccc(F)c(F)c1. The van der Waals surface area contributed by atoms with E-state index in [1.807, 2.05) is 13.8 Å². The van der Waals surface area contributed by atoms with E-state index in [1.165, 1.54) is 6.07 Å². The highest BCUT2D eigenvalue weighted by Gasteiger charge is 2.09. The molecule has 1 aromatic rings. The van der Waals surface area contributed by atoms with Gasteiger partial charge in [0.15, 0.2) is 18.2 Å². The van der Waals surface area contributed by atoms with Gasteiger partial charge in [-0.25, -0.2) is 13.6 Å². The fourth-order valence-corrected chi connectivity index (χ4v) is 1.40. The molecule has 3 amide bonds. The second kappa shape index (κ2) is 8.18. The molecule has 0 aromatic heterocycles. The summed E-state index contributed by atoms with van der Waals surface area (Å²) in [5, 5.41) is 4.59. The summed E-state index contributed by atoms with van der Waals surface area (Å²) >= 11 is 0. The van der Waals surface area contributed by atoms with Crippen molar-refractivity contribution in [2.75, 3.05) is 13.2 Å². The van der Waals surface area contributed by atoms with Crippen LogP contribution in [0, 0.1) is 17.6 Å². The molecule has 0 saturated carbocycles. The van der Waals surface area contributed by atoms with Crippen LogP contribution in [0.3, 0.4) is 0 Å². The van der Waals surface area contributed by atoms with Gasteiger partial charge < -0.3 is 10.1 Å². The average molecular weight is 300 g/mol. The zero-order chi connectivity index (χ0) is 15.8. The van der Waals surface area contributed by atoms with Crippen LogP contribution in [0.1, 0.15) is 20.3 Å². The van der Waals surface area contributed by atoms with Crippen LogP contribution in [0.2, 0.25) is 0 Å². The second-order valence-electron chi connectivity index (χ2n) is 4.85. The van der Waals surface area contributed by atoms with E-state index in [0.29, 0.717) is 12.5 Å². The molecule has 0 aliphatic rings. The maximum absolute atomic E-state index is 12.9. The lowest BCUT2D eigenvalue weighted by molar-refractivity contribution is -0.122. The van der Waals surface area contributed by atoms with Crippen molar-refractivity contribution in [2.45, 2.75) is 20.3 Å². The molecule has 21 heavy (non-hydrogen) atoms. The highest BCUT2D eigenvalue weighted by Crippen LogP contribution is 2.15. The number of rotatable bonds is 6. The quantitative estimate of drug-likeness (QED) is 0.846. The molecular formula is C14H18F2N2O3. The van der Waals surface area contributed by atoms with Gasteiger partial charge in [0, 0.05) is 12.6 Å². The maximum atomic E-state index is 12.9. The Hall–Kier alpha value is -2.18. The fourth-order valence-electron chi connectivity index (χ4n) is 1.40. The Morgan fingerprint density at radius 2 is 1.95 bits per heavy atom. The Kier molecular flexibility index (Phi) is 6.58. The highest BCUT2D eigenvalue weighted by molar-refractivity contribution is 5.94. The molecule has 0 bridgehead atoms. The molecular weight excluding hydrogens is 282 g/mol. The first-order chi connectivity index (χ1) is 9.88. The summed E-state index contributed by atoms with van der Waals surface area (Å²) < 4.78 is 30.5. The van der Waals surface area contributed by atoms with E-state index in [0.717, 1.165) is 18.6 Å². The van der Waals surface area contributed by atoms with Crippen molar-refractivity contribution in [2.24, 2.45) is 5.92 Å². The molecule has 0 saturated heterocycles. The van der Waals surface area contributed by atoms with Gasteiger partial charge in [-0.3, -0.25) is 10.1 Å². The van der Waals surface area contributed by atoms with Crippen molar-refractivity contribution < 1.29 is 23.1 Å². The minimum atomic E-state index is -1.07. The Morgan fingerprint density at radius 3 is 2.57 bits per heavy atom. The van der Waals surface area contributed by atoms with E-state index < -0.39 is 30.2 Å². The molecule has 0 radical (unpaired) electrons. The number of halogens is 2. The van der Waals surface area contributed by atoms with Crippen LogP contribution in [0.4, 0.5) is 13.6 Å². The van der Waals surface area contributed by atoms with E-state index in [9.17, 15) is 18.4 Å². The summed E-state index contributed by atoms with van der Waals surface area (Å²) in [5.74, 6) is -2.31. The normalized spacial score (nSPS) is 10.3. The molecule has 0 heterocycles. The third kappa shape index (κ3) is 6.69. The molecule has 0 aliphatic carbocycles. The van der Waals surface area contributed by atoms with Gasteiger partial charge in [-0.05, 0) is 24.5 Å². The monoisotopic (exact) mass is 300 g/mol. The van der Waals surface area contributed by atoms with E-state index in [2.05, 4.69) is 10.6 Å². The summed E-state index contributed by atoms with van der Waals surface area (Å²) in [7, 11) is 0. The average Bonchev–Trinajstić information content (AvgIpc) is 2.39. The standard InChI is InChI=1S/C14H18F2N2O3/c1-9(2)5-6-17-14(20)18-13(19)8-21-10-3-4-11(15)12(16)7-10/h3-4,7,9H,5-6,8H2,1-2H3,(H2,17,18,19,20). The zero-order valence-electron chi connectivity index (χ0n) is 11.9. The number of imide groups is 1. The first-order valence-electron chi connectivity index (χ1n) is 6.54. The number of carbonyl (C=O) groups excluding carboxylic acids is 2. The van der Waals surface area contributed by atoms with Crippen molar-refractivity contribution in [1.29, 1.82) is 0 Å². The first kappa shape index (κ1) is 16.9. The van der Waals surface area contributed by atoms with Gasteiger partial charge >= 0.3 is 6.03 Å². The summed E-state index contributed by atoms with van der Waals surface area (Å²) in [6.45, 7) is 4.02. The number of amides is 3. The first-order valence-corrected chi connectivity index (χ1v) is 6.54. The van der Waals surface area contributed by atoms with Crippen LogP contribution < -0.4 is 15.4 Å². The molecule has 2 N–H and O–H groups in total. The molecule has 1 rings (SSSR count). The Balaban J connectivity index is 2.30. The molecule has 116 valence electrons. The third-order valence-electron chi connectivity index (χ3n) is 2.52. The lowest BCUT2D eigenvalue weighted by atomic mass is 10.1. The van der Waals surface area contributed by atoms with Crippen molar-refractivity contribution >= 4 is 11.9 Å². The predicted molar refractivity (Wildman–Crippen MR) is 72.8 cm³/mol. The molecule has 1 aromatic carbocycles. The van der Waals surface area contributed by atoms with Crippen molar-refractivity contribution in [3.05, 3.63) is 29.8 Å². The molecule has 7 heteroatoms. The van der Waals surface area contributed by atoms with Crippen molar-refractivity contribution in [3.63, 3.8) is 0 Å². The van der Waals surface area contributed by atoms with Crippen molar-refractivity contribution in [1.82, 2.24) is 10.6 Å². The van der Waals surface area contributed by atoms with Gasteiger partial charge in [0.1, 0.15) is 5.75 Å². The van der Waals surface area contributed by atoms with Crippen LogP contribution in [-0.4, -0.2) is 25.1 Å². The van der Waals surface area contributed by atoms with Gasteiger partial charge in [-0.2, -0.15) is 0 Å². The van der Waals surface area contributed by atoms with E-state index >= 15 is 0 Å². The molecule has 0 unspecified atom stereocenters. The van der Waals surface area contributed by atoms with Crippen molar-refractivity contribution in [3.8, 4) is 5.75 Å². The molecule has 0 atom stereocenters. The number of benzene rings is 1. The smallest absolute Gasteiger partial charge is 0.321 e. The van der Waals surface area contributed by atoms with Crippen LogP contribution in [0.5, 0.6) is 5.75 Å². The number of urea groups is 1. The molecule has 0 spiro atoms. The van der Waals surface area contributed by atoms with Gasteiger partial charge in [0.25, 0.3) is 5.91 Å². The summed E-state index contributed by atoms with van der Waals surface area (Å²) in [6, 6.07) is 2.29. The zero-order valence-corrected chi connectivity index (χ0v) is 11.9. The van der Waals surface area contributed by atoms with Gasteiger partial charge in [0.2, 0.25) is 0 Å². The third-order valence-corrected chi connectivity index (χ3v) is 2.52. The molecule has 0 aliphatic heterocycles. The van der Waals surface area contributed by atoms with E-state index in [4.69, 9.17) is 4.74 Å². The summed E-state index contributed by atoms with van der Waals surface area (Å²) in [4.78, 5) is 22.7. The van der Waals surface area contributed by atoms with Gasteiger partial charge in [-0.1, -0.05) is 13.8 Å². The maximum Gasteiger partial charge on any atom is 0.321 e. The van der Waals surface area contributed by atoms with Crippen LogP contribution in [-0.2, 0) is 4.79 Å². The summed E-state index contributed by atoms with van der Waals surface area (Å²) in [5.41, 5.74) is 0. The minimum absolute atomic E-state index is 0.00395. The Labute approximate surface area is 121 Å². The minimum Gasteiger partial charge on any atom is -0.484 e. The predicted octanol–water partition coefficient (Wildman–Crippen LogP) is 2.22. The van der Waals surface area contributed by atoms with E-state index in [-0.39, 0.29) is 5.75 Å². The van der Waals surface area contributed by atoms with Crippen LogP contribution in [0.15, 0.2) is 18.2 Å². The number of hydrogen-bond donors (Lipinski definition) is 2. The number of carbonyl (C=O) groups is 2. The largest absolute Gasteiger partial charge is 0.484 e. The Bertz CT molecular complexity index is 507. The number of nitrogens with one attached hydrogen (secondary N) is 2. The van der Waals surface area contributed by atoms with Crippen LogP contribution >= 0.6 is 0 Å². The fraction of sp³-hybridized carbons (Fsp3) is 0.429. The van der Waals surface area contributed by atoms with Gasteiger partial charge in [-0.15, -0.1) is 0 Å². The Morgan fingerprint density at radius 1 is 1.24 bits per heavy atom. The lowest BCUT2D eigenvalue weighted by Gasteiger charge is -2.09. The highest BCUT2D eigenvalue weighted by atomic mass is 19.2.